The van der Waals surface area contributed by atoms with E-state index in [0.717, 1.165) is 0 Å². The average molecular weight is 519 g/mol. The molecule has 3 aromatic rings. The molecule has 9 nitrogen and oxygen atoms in total. The Labute approximate surface area is 220 Å². The van der Waals surface area contributed by atoms with Gasteiger partial charge in [-0.15, -0.1) is 0 Å². The quantitative estimate of drug-likeness (QED) is 0.350. The molecule has 0 aromatic heterocycles. The maximum absolute atomic E-state index is 13.8. The fourth-order valence-corrected chi connectivity index (χ4v) is 5.11. The van der Waals surface area contributed by atoms with Crippen molar-refractivity contribution in [2.45, 2.75) is 24.9 Å². The summed E-state index contributed by atoms with van der Waals surface area (Å²) in [6.45, 7) is 1.42. The van der Waals surface area contributed by atoms with Crippen LogP contribution in [-0.2, 0) is 14.4 Å². The highest BCUT2D eigenvalue weighted by molar-refractivity contribution is 6.11. The first kappa shape index (κ1) is 26.7. The van der Waals surface area contributed by atoms with E-state index < -0.39 is 47.4 Å². The highest BCUT2D eigenvalue weighted by atomic mass is 16.5. The molecule has 0 saturated heterocycles. The Hall–Kier alpha value is -4.37. The van der Waals surface area contributed by atoms with Gasteiger partial charge in [-0.25, -0.2) is 0 Å². The summed E-state index contributed by atoms with van der Waals surface area (Å²) in [5.74, 6) is -4.49. The number of carbonyl (C=O) groups excluding carboxylic acids is 3. The van der Waals surface area contributed by atoms with Gasteiger partial charge >= 0.3 is 0 Å². The maximum atomic E-state index is 13.8. The summed E-state index contributed by atoms with van der Waals surface area (Å²) in [5, 5.41) is 26.8. The van der Waals surface area contributed by atoms with Crippen molar-refractivity contribution in [2.24, 2.45) is 11.8 Å². The molecule has 0 aliphatic heterocycles. The van der Waals surface area contributed by atoms with Gasteiger partial charge in [-0.1, -0.05) is 36.4 Å². The van der Waals surface area contributed by atoms with Crippen LogP contribution in [0.2, 0.25) is 0 Å². The second-order valence-electron chi connectivity index (χ2n) is 9.45. The molecule has 4 atom stereocenters. The van der Waals surface area contributed by atoms with Crippen molar-refractivity contribution in [2.75, 3.05) is 24.9 Å². The van der Waals surface area contributed by atoms with Crippen LogP contribution >= 0.6 is 0 Å². The summed E-state index contributed by atoms with van der Waals surface area (Å²) >= 11 is 0. The molecular formula is C29H30N2O7. The Morgan fingerprint density at radius 2 is 1.34 bits per heavy atom. The minimum absolute atomic E-state index is 0.0207. The Kier molecular flexibility index (Phi) is 7.68. The molecule has 0 heterocycles. The van der Waals surface area contributed by atoms with Crippen LogP contribution in [0.4, 0.5) is 11.4 Å². The third kappa shape index (κ3) is 5.33. The van der Waals surface area contributed by atoms with E-state index in [9.17, 15) is 24.6 Å². The van der Waals surface area contributed by atoms with Crippen LogP contribution in [0.25, 0.3) is 0 Å². The van der Waals surface area contributed by atoms with Crippen LogP contribution in [0, 0.1) is 11.8 Å². The smallest absolute Gasteiger partial charge is 0.235 e. The molecule has 4 rings (SSSR count). The number of hydrogen-bond acceptors (Lipinski definition) is 7. The van der Waals surface area contributed by atoms with E-state index in [4.69, 9.17) is 9.47 Å². The number of aliphatic hydroxyl groups is 1. The van der Waals surface area contributed by atoms with E-state index in [2.05, 4.69) is 10.6 Å². The number of benzene rings is 3. The lowest BCUT2D eigenvalue weighted by Crippen LogP contribution is -2.56. The lowest BCUT2D eigenvalue weighted by Gasteiger charge is -2.44. The van der Waals surface area contributed by atoms with E-state index >= 15 is 0 Å². The first-order valence-electron chi connectivity index (χ1n) is 12.1. The van der Waals surface area contributed by atoms with Crippen molar-refractivity contribution < 1.29 is 34.1 Å². The molecule has 1 fully saturated rings. The van der Waals surface area contributed by atoms with Crippen molar-refractivity contribution >= 4 is 29.0 Å². The van der Waals surface area contributed by atoms with Gasteiger partial charge in [-0.3, -0.25) is 14.4 Å². The fourth-order valence-electron chi connectivity index (χ4n) is 5.11. The SMILES string of the molecule is COc1ccccc1NC(=O)[C@@H]1C(=O)C[C@@](C)(O)[C@@H](C(=O)Nc2ccccc2OC)[C@H]1c1ccc(O)cc1. The normalized spacial score (nSPS) is 22.8. The lowest BCUT2D eigenvalue weighted by atomic mass is 9.61. The number of methoxy groups -OCH3 is 2. The number of para-hydroxylation sites is 4. The monoisotopic (exact) mass is 518 g/mol. The van der Waals surface area contributed by atoms with Crippen molar-refractivity contribution in [1.29, 1.82) is 0 Å². The Morgan fingerprint density at radius 1 is 0.842 bits per heavy atom. The third-order valence-electron chi connectivity index (χ3n) is 6.84. The highest BCUT2D eigenvalue weighted by Gasteiger charge is 2.56. The van der Waals surface area contributed by atoms with Crippen molar-refractivity contribution in [1.82, 2.24) is 0 Å². The first-order chi connectivity index (χ1) is 18.2. The van der Waals surface area contributed by atoms with Crippen LogP contribution in [0.1, 0.15) is 24.8 Å². The van der Waals surface area contributed by atoms with Gasteiger partial charge in [0.05, 0.1) is 37.1 Å². The number of phenolic OH excluding ortho intramolecular Hbond substituents is 1. The van der Waals surface area contributed by atoms with Gasteiger partial charge in [0.2, 0.25) is 11.8 Å². The number of amides is 2. The summed E-state index contributed by atoms with van der Waals surface area (Å²) in [6.07, 6.45) is -0.407. The molecular weight excluding hydrogens is 488 g/mol. The number of Topliss-reactive ketones (excluding diaryl/α,β-unsaturated/α-hetero) is 1. The standard InChI is InChI=1S/C29H30N2O7/c1-29(36)16-21(33)25(27(34)30-19-8-4-6-10-22(19)37-2)24(17-12-14-18(32)15-13-17)26(29)28(35)31-20-9-5-7-11-23(20)38-3/h4-15,24-26,32,36H,16H2,1-3H3,(H,30,34)(H,31,35)/t24-,25+,26+,29+/m0/s1. The zero-order valence-corrected chi connectivity index (χ0v) is 21.3. The number of ether oxygens (including phenoxy) is 2. The van der Waals surface area contributed by atoms with E-state index in [1.807, 2.05) is 0 Å². The molecule has 3 aromatic carbocycles. The molecule has 0 radical (unpaired) electrons. The molecule has 1 saturated carbocycles. The van der Waals surface area contributed by atoms with Crippen molar-refractivity contribution in [3.05, 3.63) is 78.4 Å². The summed E-state index contributed by atoms with van der Waals surface area (Å²) in [6, 6.07) is 19.5. The summed E-state index contributed by atoms with van der Waals surface area (Å²) in [4.78, 5) is 40.9. The van der Waals surface area contributed by atoms with Crippen LogP contribution in [0.3, 0.4) is 0 Å². The van der Waals surface area contributed by atoms with Gasteiger partial charge in [-0.2, -0.15) is 0 Å². The predicted molar refractivity (Wildman–Crippen MR) is 141 cm³/mol. The zero-order valence-electron chi connectivity index (χ0n) is 21.3. The molecule has 4 N–H and O–H groups in total. The molecule has 1 aliphatic rings. The second kappa shape index (κ2) is 10.9. The predicted octanol–water partition coefficient (Wildman–Crippen LogP) is 3.73. The molecule has 38 heavy (non-hydrogen) atoms. The molecule has 0 bridgehead atoms. The number of ketones is 1. The van der Waals surface area contributed by atoms with E-state index in [-0.39, 0.29) is 5.75 Å². The van der Waals surface area contributed by atoms with Crippen LogP contribution in [0.5, 0.6) is 17.2 Å². The third-order valence-corrected chi connectivity index (χ3v) is 6.84. The van der Waals surface area contributed by atoms with Crippen molar-refractivity contribution in [3.63, 3.8) is 0 Å². The average Bonchev–Trinajstić information content (AvgIpc) is 2.88. The van der Waals surface area contributed by atoms with Gasteiger partial charge in [0.15, 0.2) is 0 Å². The van der Waals surface area contributed by atoms with Gasteiger partial charge in [-0.05, 0) is 48.9 Å². The second-order valence-corrected chi connectivity index (χ2v) is 9.45. The van der Waals surface area contributed by atoms with Crippen LogP contribution in [0.15, 0.2) is 72.8 Å². The number of phenols is 1. The number of carbonyl (C=O) groups is 3. The minimum Gasteiger partial charge on any atom is -0.508 e. The molecule has 1 aliphatic carbocycles. The van der Waals surface area contributed by atoms with Gasteiger partial charge < -0.3 is 30.3 Å². The zero-order chi connectivity index (χ0) is 27.4. The molecule has 0 spiro atoms. The molecule has 2 amide bonds. The number of aromatic hydroxyl groups is 1. The summed E-state index contributed by atoms with van der Waals surface area (Å²) in [7, 11) is 2.93. The Balaban J connectivity index is 1.78. The number of rotatable bonds is 7. The van der Waals surface area contributed by atoms with Crippen LogP contribution < -0.4 is 20.1 Å². The van der Waals surface area contributed by atoms with E-state index in [0.29, 0.717) is 28.4 Å². The van der Waals surface area contributed by atoms with E-state index in [1.165, 1.54) is 33.3 Å². The lowest BCUT2D eigenvalue weighted by molar-refractivity contribution is -0.150. The van der Waals surface area contributed by atoms with Gasteiger partial charge in [0.1, 0.15) is 28.9 Å². The van der Waals surface area contributed by atoms with E-state index in [1.54, 1.807) is 60.7 Å². The topological polar surface area (TPSA) is 134 Å². The molecule has 9 heteroatoms. The number of hydrogen-bond donors (Lipinski definition) is 4. The Bertz CT molecular complexity index is 1340. The van der Waals surface area contributed by atoms with Crippen molar-refractivity contribution in [3.8, 4) is 17.2 Å². The Morgan fingerprint density at radius 3 is 1.87 bits per heavy atom. The highest BCUT2D eigenvalue weighted by Crippen LogP contribution is 2.47. The number of nitrogens with one attached hydrogen (secondary N) is 2. The fraction of sp³-hybridized carbons (Fsp3) is 0.276. The summed E-state index contributed by atoms with van der Waals surface area (Å²) in [5.41, 5.74) is -0.583. The van der Waals surface area contributed by atoms with Crippen LogP contribution in [-0.4, -0.2) is 47.6 Å². The van der Waals surface area contributed by atoms with Gasteiger partial charge in [0, 0.05) is 12.3 Å². The molecule has 0 unspecified atom stereocenters. The maximum Gasteiger partial charge on any atom is 0.235 e. The minimum atomic E-state index is -1.77. The molecule has 198 valence electrons. The first-order valence-corrected chi connectivity index (χ1v) is 12.1. The number of anilines is 2. The largest absolute Gasteiger partial charge is 0.508 e. The van der Waals surface area contributed by atoms with Gasteiger partial charge in [0.25, 0.3) is 0 Å². The summed E-state index contributed by atoms with van der Waals surface area (Å²) < 4.78 is 10.7.